The third-order valence-corrected chi connectivity index (χ3v) is 3.84. The second-order valence-corrected chi connectivity index (χ2v) is 5.15. The maximum Gasteiger partial charge on any atom is 0.151 e. The Morgan fingerprint density at radius 2 is 2.36 bits per heavy atom. The van der Waals surface area contributed by atoms with Crippen molar-refractivity contribution in [2.75, 3.05) is 5.75 Å². The second kappa shape index (κ2) is 4.15. The molecule has 1 heterocycles. The highest BCUT2D eigenvalue weighted by Crippen LogP contribution is 2.29. The zero-order chi connectivity index (χ0) is 9.97. The van der Waals surface area contributed by atoms with Crippen molar-refractivity contribution >= 4 is 39.5 Å². The fraction of sp³-hybridized carbons (Fsp3) is 0.182. The first-order chi connectivity index (χ1) is 6.85. The molecule has 14 heavy (non-hydrogen) atoms. The van der Waals surface area contributed by atoms with Crippen molar-refractivity contribution in [3.8, 4) is 0 Å². The van der Waals surface area contributed by atoms with Gasteiger partial charge in [-0.2, -0.15) is 0 Å². The van der Waals surface area contributed by atoms with Gasteiger partial charge in [0.15, 0.2) is 6.29 Å². The van der Waals surface area contributed by atoms with Gasteiger partial charge in [-0.3, -0.25) is 4.79 Å². The van der Waals surface area contributed by atoms with Gasteiger partial charge in [0.1, 0.15) is 0 Å². The van der Waals surface area contributed by atoms with Crippen molar-refractivity contribution in [1.29, 1.82) is 0 Å². The number of carbonyl (C=O) groups is 1. The van der Waals surface area contributed by atoms with Gasteiger partial charge in [-0.25, -0.2) is 0 Å². The Balaban J connectivity index is 2.60. The van der Waals surface area contributed by atoms with Crippen LogP contribution in [0.3, 0.4) is 0 Å². The zero-order valence-electron chi connectivity index (χ0n) is 7.82. The molecule has 0 unspecified atom stereocenters. The number of benzene rings is 1. The minimum absolute atomic E-state index is 0.808. The normalized spacial score (nSPS) is 10.6. The molecule has 0 amide bonds. The average molecular weight is 222 g/mol. The monoisotopic (exact) mass is 222 g/mol. The third-order valence-electron chi connectivity index (χ3n) is 2.01. The predicted molar refractivity (Wildman–Crippen MR) is 63.6 cm³/mol. The fourth-order valence-corrected chi connectivity index (χ4v) is 3.05. The molecule has 0 aliphatic rings. The second-order valence-electron chi connectivity index (χ2n) is 2.90. The number of rotatable bonds is 3. The molecule has 0 bridgehead atoms. The number of carbonyl (C=O) groups excluding carboxylic acids is 1. The lowest BCUT2D eigenvalue weighted by atomic mass is 10.2. The van der Waals surface area contributed by atoms with Gasteiger partial charge >= 0.3 is 0 Å². The van der Waals surface area contributed by atoms with Gasteiger partial charge in [0, 0.05) is 15.2 Å². The summed E-state index contributed by atoms with van der Waals surface area (Å²) >= 11 is 3.44. The van der Waals surface area contributed by atoms with Gasteiger partial charge in [0.05, 0.1) is 0 Å². The van der Waals surface area contributed by atoms with Crippen LogP contribution in [0, 0.1) is 0 Å². The van der Waals surface area contributed by atoms with Crippen molar-refractivity contribution in [3.05, 3.63) is 29.1 Å². The Kier molecular flexibility index (Phi) is 2.89. The molecule has 1 nitrogen and oxygen atoms in total. The lowest BCUT2D eigenvalue weighted by molar-refractivity contribution is 0.112. The van der Waals surface area contributed by atoms with Gasteiger partial charge < -0.3 is 0 Å². The summed E-state index contributed by atoms with van der Waals surface area (Å²) < 4.78 is 1.26. The van der Waals surface area contributed by atoms with E-state index in [0.717, 1.165) is 27.9 Å². The molecule has 1 aromatic carbocycles. The molecule has 0 spiro atoms. The van der Waals surface area contributed by atoms with Crippen LogP contribution in [0.4, 0.5) is 0 Å². The Labute approximate surface area is 91.1 Å². The lowest BCUT2D eigenvalue weighted by Crippen LogP contribution is -1.84. The topological polar surface area (TPSA) is 17.1 Å². The van der Waals surface area contributed by atoms with E-state index >= 15 is 0 Å². The molecule has 0 aliphatic carbocycles. The molecular formula is C11H10OS2. The summed E-state index contributed by atoms with van der Waals surface area (Å²) in [5, 5.41) is 3.22. The Bertz CT molecular complexity index is 459. The molecule has 0 saturated carbocycles. The van der Waals surface area contributed by atoms with Crippen molar-refractivity contribution in [3.63, 3.8) is 0 Å². The minimum Gasteiger partial charge on any atom is -0.298 e. The third kappa shape index (κ3) is 1.70. The molecule has 0 aliphatic heterocycles. The molecule has 0 radical (unpaired) electrons. The number of hydrogen-bond donors (Lipinski definition) is 0. The van der Waals surface area contributed by atoms with Crippen LogP contribution in [0.1, 0.15) is 17.3 Å². The number of aldehydes is 1. The summed E-state index contributed by atoms with van der Waals surface area (Å²) in [6.45, 7) is 2.10. The first-order valence-electron chi connectivity index (χ1n) is 4.44. The van der Waals surface area contributed by atoms with E-state index in [0.29, 0.717) is 0 Å². The number of thiophene rings is 1. The average Bonchev–Trinajstić information content (AvgIpc) is 2.64. The van der Waals surface area contributed by atoms with Crippen LogP contribution in [0.25, 0.3) is 10.1 Å². The smallest absolute Gasteiger partial charge is 0.151 e. The summed E-state index contributed by atoms with van der Waals surface area (Å²) in [5.74, 6) is 0.998. The van der Waals surface area contributed by atoms with Crippen LogP contribution in [0.2, 0.25) is 0 Å². The summed E-state index contributed by atoms with van der Waals surface area (Å²) in [7, 11) is 0. The van der Waals surface area contributed by atoms with Gasteiger partial charge in [-0.15, -0.1) is 23.1 Å². The molecule has 2 rings (SSSR count). The van der Waals surface area contributed by atoms with E-state index in [1.807, 2.05) is 12.1 Å². The molecule has 0 fully saturated rings. The van der Waals surface area contributed by atoms with E-state index in [-0.39, 0.29) is 0 Å². The predicted octanol–water partition coefficient (Wildman–Crippen LogP) is 3.83. The minimum atomic E-state index is 0.808. The van der Waals surface area contributed by atoms with E-state index in [2.05, 4.69) is 18.4 Å². The molecule has 1 aromatic heterocycles. The summed E-state index contributed by atoms with van der Waals surface area (Å²) in [4.78, 5) is 12.0. The van der Waals surface area contributed by atoms with Crippen molar-refractivity contribution in [2.24, 2.45) is 0 Å². The van der Waals surface area contributed by atoms with Gasteiger partial charge in [0.25, 0.3) is 0 Å². The van der Waals surface area contributed by atoms with Gasteiger partial charge in [0.2, 0.25) is 0 Å². The van der Waals surface area contributed by atoms with E-state index < -0.39 is 0 Å². The Morgan fingerprint density at radius 1 is 1.50 bits per heavy atom. The first kappa shape index (κ1) is 9.74. The molecular weight excluding hydrogens is 212 g/mol. The number of hydrogen-bond acceptors (Lipinski definition) is 3. The van der Waals surface area contributed by atoms with Crippen molar-refractivity contribution < 1.29 is 4.79 Å². The zero-order valence-corrected chi connectivity index (χ0v) is 9.45. The van der Waals surface area contributed by atoms with Crippen molar-refractivity contribution in [1.82, 2.24) is 0 Å². The van der Waals surface area contributed by atoms with E-state index in [1.165, 1.54) is 4.70 Å². The molecule has 0 N–H and O–H groups in total. The lowest BCUT2D eigenvalue weighted by Gasteiger charge is -2.02. The maximum absolute atomic E-state index is 10.9. The summed E-state index contributed by atoms with van der Waals surface area (Å²) in [5.41, 5.74) is 0.808. The fourth-order valence-electron chi connectivity index (χ4n) is 1.38. The quantitative estimate of drug-likeness (QED) is 0.580. The van der Waals surface area contributed by atoms with E-state index in [4.69, 9.17) is 0 Å². The van der Waals surface area contributed by atoms with Crippen LogP contribution >= 0.6 is 23.1 Å². The molecule has 72 valence electrons. The largest absolute Gasteiger partial charge is 0.298 e. The van der Waals surface area contributed by atoms with Gasteiger partial charge in [-0.1, -0.05) is 6.92 Å². The van der Waals surface area contributed by atoms with Crippen LogP contribution in [0.15, 0.2) is 28.5 Å². The molecule has 3 heteroatoms. The van der Waals surface area contributed by atoms with Crippen molar-refractivity contribution in [2.45, 2.75) is 11.8 Å². The highest BCUT2D eigenvalue weighted by atomic mass is 32.2. The first-order valence-corrected chi connectivity index (χ1v) is 6.31. The Hall–Kier alpha value is -0.800. The summed E-state index contributed by atoms with van der Waals surface area (Å²) in [6.07, 6.45) is 0.940. The standard InChI is InChI=1S/C11H10OS2/c1-2-13-11-6-10-8(3-4-14-10)5-9(11)7-12/h3-7H,2H2,1H3. The summed E-state index contributed by atoms with van der Waals surface area (Å²) in [6, 6.07) is 6.13. The number of fused-ring (bicyclic) bond motifs is 1. The maximum atomic E-state index is 10.9. The SMILES string of the molecule is CCSc1cc2sccc2cc1C=O. The highest BCUT2D eigenvalue weighted by molar-refractivity contribution is 7.99. The molecule has 0 atom stereocenters. The molecule has 0 saturated heterocycles. The van der Waals surface area contributed by atoms with Crippen LogP contribution < -0.4 is 0 Å². The highest BCUT2D eigenvalue weighted by Gasteiger charge is 2.04. The molecule has 2 aromatic rings. The van der Waals surface area contributed by atoms with Crippen LogP contribution in [-0.4, -0.2) is 12.0 Å². The Morgan fingerprint density at radius 3 is 3.07 bits per heavy atom. The van der Waals surface area contributed by atoms with E-state index in [1.54, 1.807) is 23.1 Å². The van der Waals surface area contributed by atoms with Gasteiger partial charge in [-0.05, 0) is 34.7 Å². The number of thioether (sulfide) groups is 1. The van der Waals surface area contributed by atoms with Crippen LogP contribution in [-0.2, 0) is 0 Å². The van der Waals surface area contributed by atoms with Crippen LogP contribution in [0.5, 0.6) is 0 Å². The van der Waals surface area contributed by atoms with E-state index in [9.17, 15) is 4.79 Å².